The van der Waals surface area contributed by atoms with Crippen molar-refractivity contribution in [2.24, 2.45) is 11.7 Å². The maximum absolute atomic E-state index is 11.7. The number of carbonyl (C=O) groups excluding carboxylic acids is 1. The summed E-state index contributed by atoms with van der Waals surface area (Å²) in [6.07, 6.45) is 2.43. The van der Waals surface area contributed by atoms with Gasteiger partial charge in [-0.1, -0.05) is 11.6 Å². The van der Waals surface area contributed by atoms with Gasteiger partial charge in [-0.2, -0.15) is 0 Å². The third kappa shape index (κ3) is 4.11. The number of piperidine rings is 1. The number of benzene rings is 1. The molecule has 1 aliphatic rings. The Hall–Kier alpha value is -1.26. The Kier molecular flexibility index (Phi) is 5.48. The van der Waals surface area contributed by atoms with Crippen molar-refractivity contribution in [3.8, 4) is 0 Å². The van der Waals surface area contributed by atoms with Crippen LogP contribution in [0.25, 0.3) is 0 Å². The van der Waals surface area contributed by atoms with Crippen LogP contribution in [-0.4, -0.2) is 31.6 Å². The van der Waals surface area contributed by atoms with Crippen molar-refractivity contribution in [3.05, 3.63) is 28.8 Å². The number of nitrogens with one attached hydrogen (secondary N) is 1. The van der Waals surface area contributed by atoms with Gasteiger partial charge in [-0.05, 0) is 63.9 Å². The lowest BCUT2D eigenvalue weighted by molar-refractivity contribution is 0.100. The molecule has 0 aromatic heterocycles. The number of primary amides is 1. The first kappa shape index (κ1) is 16.1. The highest BCUT2D eigenvalue weighted by molar-refractivity contribution is 6.31. The van der Waals surface area contributed by atoms with E-state index >= 15 is 0 Å². The fraction of sp³-hybridized carbons (Fsp3) is 0.562. The van der Waals surface area contributed by atoms with Crippen LogP contribution in [0.1, 0.15) is 37.0 Å². The molecular weight excluding hydrogens is 286 g/mol. The summed E-state index contributed by atoms with van der Waals surface area (Å²) in [6, 6.07) is 5.68. The number of rotatable bonds is 5. The minimum atomic E-state index is -0.431. The summed E-state index contributed by atoms with van der Waals surface area (Å²) < 4.78 is 0. The Morgan fingerprint density at radius 1 is 1.52 bits per heavy atom. The Morgan fingerprint density at radius 2 is 2.29 bits per heavy atom. The van der Waals surface area contributed by atoms with Crippen LogP contribution in [0.4, 0.5) is 5.69 Å². The third-order valence-corrected chi connectivity index (χ3v) is 4.25. The summed E-state index contributed by atoms with van der Waals surface area (Å²) >= 11 is 6.00. The van der Waals surface area contributed by atoms with Gasteiger partial charge in [0.2, 0.25) is 0 Å². The molecule has 1 fully saturated rings. The molecule has 0 spiro atoms. The highest BCUT2D eigenvalue weighted by Gasteiger charge is 2.22. The van der Waals surface area contributed by atoms with Gasteiger partial charge in [0.05, 0.1) is 5.56 Å². The minimum Gasteiger partial charge on any atom is -0.368 e. The zero-order valence-electron chi connectivity index (χ0n) is 12.7. The molecule has 3 N–H and O–H groups in total. The predicted octanol–water partition coefficient (Wildman–Crippen LogP) is 2.65. The van der Waals surface area contributed by atoms with E-state index in [2.05, 4.69) is 24.1 Å². The fourth-order valence-electron chi connectivity index (χ4n) is 2.90. The van der Waals surface area contributed by atoms with Crippen molar-refractivity contribution in [2.45, 2.75) is 32.7 Å². The van der Waals surface area contributed by atoms with E-state index in [4.69, 9.17) is 17.3 Å². The minimum absolute atomic E-state index is 0.297. The van der Waals surface area contributed by atoms with Crippen LogP contribution in [-0.2, 0) is 0 Å². The van der Waals surface area contributed by atoms with E-state index in [0.29, 0.717) is 22.5 Å². The van der Waals surface area contributed by atoms with Crippen molar-refractivity contribution in [1.82, 2.24) is 5.32 Å². The zero-order valence-corrected chi connectivity index (χ0v) is 13.5. The van der Waals surface area contributed by atoms with Crippen LogP contribution >= 0.6 is 11.6 Å². The fourth-order valence-corrected chi connectivity index (χ4v) is 3.07. The van der Waals surface area contributed by atoms with Crippen molar-refractivity contribution >= 4 is 23.2 Å². The van der Waals surface area contributed by atoms with Gasteiger partial charge in [-0.3, -0.25) is 4.79 Å². The average molecular weight is 310 g/mol. The van der Waals surface area contributed by atoms with Crippen LogP contribution in [0, 0.1) is 5.92 Å². The molecule has 5 heteroatoms. The summed E-state index contributed by atoms with van der Waals surface area (Å²) in [4.78, 5) is 14.0. The number of amides is 1. The van der Waals surface area contributed by atoms with Gasteiger partial charge in [-0.15, -0.1) is 0 Å². The summed E-state index contributed by atoms with van der Waals surface area (Å²) in [5.74, 6) is 0.164. The monoisotopic (exact) mass is 309 g/mol. The normalized spacial score (nSPS) is 18.8. The number of anilines is 1. The number of carbonyl (C=O) groups is 1. The largest absolute Gasteiger partial charge is 0.368 e. The van der Waals surface area contributed by atoms with E-state index in [-0.39, 0.29) is 0 Å². The quantitative estimate of drug-likeness (QED) is 0.879. The molecule has 1 amide bonds. The third-order valence-electron chi connectivity index (χ3n) is 4.01. The highest BCUT2D eigenvalue weighted by Crippen LogP contribution is 2.27. The van der Waals surface area contributed by atoms with Crippen LogP contribution in [0.15, 0.2) is 18.2 Å². The van der Waals surface area contributed by atoms with Gasteiger partial charge >= 0.3 is 0 Å². The first-order valence-electron chi connectivity index (χ1n) is 7.55. The Bertz CT molecular complexity index is 498. The lowest BCUT2D eigenvalue weighted by atomic mass is 9.97. The molecule has 21 heavy (non-hydrogen) atoms. The molecule has 0 saturated carbocycles. The maximum Gasteiger partial charge on any atom is 0.250 e. The predicted molar refractivity (Wildman–Crippen MR) is 88.0 cm³/mol. The summed E-state index contributed by atoms with van der Waals surface area (Å²) in [5.41, 5.74) is 6.90. The number of hydrogen-bond acceptors (Lipinski definition) is 3. The summed E-state index contributed by atoms with van der Waals surface area (Å²) in [6.45, 7) is 7.33. The van der Waals surface area contributed by atoms with Gasteiger partial charge < -0.3 is 16.0 Å². The van der Waals surface area contributed by atoms with Crippen molar-refractivity contribution < 1.29 is 4.79 Å². The van der Waals surface area contributed by atoms with E-state index in [1.165, 1.54) is 12.8 Å². The highest BCUT2D eigenvalue weighted by atomic mass is 35.5. The van der Waals surface area contributed by atoms with Gasteiger partial charge in [-0.25, -0.2) is 0 Å². The number of halogens is 1. The van der Waals surface area contributed by atoms with Crippen molar-refractivity contribution in [3.63, 3.8) is 0 Å². The molecule has 1 heterocycles. The molecule has 1 aliphatic heterocycles. The molecule has 1 aromatic rings. The van der Waals surface area contributed by atoms with E-state index in [1.807, 2.05) is 12.1 Å². The van der Waals surface area contributed by atoms with Gasteiger partial charge in [0.1, 0.15) is 0 Å². The van der Waals surface area contributed by atoms with E-state index in [0.717, 1.165) is 25.3 Å². The topological polar surface area (TPSA) is 58.4 Å². The van der Waals surface area contributed by atoms with Crippen LogP contribution < -0.4 is 16.0 Å². The molecule has 1 saturated heterocycles. The van der Waals surface area contributed by atoms with Crippen molar-refractivity contribution in [2.75, 3.05) is 24.5 Å². The van der Waals surface area contributed by atoms with Crippen LogP contribution in [0.2, 0.25) is 5.02 Å². The second-order valence-corrected chi connectivity index (χ2v) is 6.42. The first-order chi connectivity index (χ1) is 9.99. The molecule has 0 bridgehead atoms. The second kappa shape index (κ2) is 7.14. The molecule has 0 radical (unpaired) electrons. The molecule has 1 aromatic carbocycles. The molecule has 1 unspecified atom stereocenters. The first-order valence-corrected chi connectivity index (χ1v) is 7.93. The molecule has 0 aliphatic carbocycles. The number of nitrogens with two attached hydrogens (primary N) is 1. The van der Waals surface area contributed by atoms with Gasteiger partial charge in [0.15, 0.2) is 0 Å². The van der Waals surface area contributed by atoms with Crippen molar-refractivity contribution in [1.29, 1.82) is 0 Å². The van der Waals surface area contributed by atoms with E-state index in [9.17, 15) is 4.79 Å². The SMILES string of the molecule is CC(C)N(CC1CCCNC1)c1ccc(Cl)cc1C(N)=O. The van der Waals surface area contributed by atoms with Crippen LogP contribution in [0.5, 0.6) is 0 Å². The Labute approximate surface area is 131 Å². The average Bonchev–Trinajstić information content (AvgIpc) is 2.46. The molecule has 116 valence electrons. The standard InChI is InChI=1S/C16H24ClN3O/c1-11(2)20(10-12-4-3-7-19-9-12)15-6-5-13(17)8-14(15)16(18)21/h5-6,8,11-12,19H,3-4,7,9-10H2,1-2H3,(H2,18,21). The van der Waals surface area contributed by atoms with Gasteiger partial charge in [0, 0.05) is 23.3 Å². The Balaban J connectivity index is 2.27. The van der Waals surface area contributed by atoms with E-state index in [1.54, 1.807) is 6.07 Å². The Morgan fingerprint density at radius 3 is 2.86 bits per heavy atom. The lowest BCUT2D eigenvalue weighted by Crippen LogP contribution is -2.42. The number of hydrogen-bond donors (Lipinski definition) is 2. The second-order valence-electron chi connectivity index (χ2n) is 5.98. The van der Waals surface area contributed by atoms with E-state index < -0.39 is 5.91 Å². The van der Waals surface area contributed by atoms with Crippen LogP contribution in [0.3, 0.4) is 0 Å². The van der Waals surface area contributed by atoms with Gasteiger partial charge in [0.25, 0.3) is 5.91 Å². The molecule has 4 nitrogen and oxygen atoms in total. The lowest BCUT2D eigenvalue weighted by Gasteiger charge is -2.35. The zero-order chi connectivity index (χ0) is 15.4. The smallest absolute Gasteiger partial charge is 0.250 e. The maximum atomic E-state index is 11.7. The molecule has 1 atom stereocenters. The number of nitrogens with zero attached hydrogens (tertiary/aromatic N) is 1. The molecular formula is C16H24ClN3O. The summed E-state index contributed by atoms with van der Waals surface area (Å²) in [5, 5.41) is 3.98. The molecule has 2 rings (SSSR count). The summed E-state index contributed by atoms with van der Waals surface area (Å²) in [7, 11) is 0.